The number of fused-ring (bicyclic) bond motifs is 2. The Kier molecular flexibility index (Phi) is 3.78. The maximum absolute atomic E-state index is 12.3. The lowest BCUT2D eigenvalue weighted by molar-refractivity contribution is -0.130. The van der Waals surface area contributed by atoms with Crippen molar-refractivity contribution in [1.82, 2.24) is 5.43 Å². The van der Waals surface area contributed by atoms with E-state index in [1.54, 1.807) is 6.07 Å². The minimum absolute atomic E-state index is 0.160. The van der Waals surface area contributed by atoms with Gasteiger partial charge in [-0.3, -0.25) is 4.79 Å². The number of carbonyl (C=O) groups excluding carboxylic acids is 1. The summed E-state index contributed by atoms with van der Waals surface area (Å²) in [6.45, 7) is 0.704. The third-order valence-electron chi connectivity index (χ3n) is 3.90. The van der Waals surface area contributed by atoms with Crippen LogP contribution >= 0.6 is 0 Å². The molecule has 2 aliphatic heterocycles. The van der Waals surface area contributed by atoms with Gasteiger partial charge >= 0.3 is 0 Å². The lowest BCUT2D eigenvalue weighted by Gasteiger charge is -2.25. The standard InChI is InChI=1S/C18H16N2O4/c21-18(17-11-23-15-7-3-4-8-16(15)24-17)20-19-13-9-10-22-14-6-2-1-5-12(13)14/h1-8,17H,9-11H2,(H,20,21)/b19-13-/t17-/m0/s1. The van der Waals surface area contributed by atoms with Crippen molar-refractivity contribution in [1.29, 1.82) is 0 Å². The molecule has 6 nitrogen and oxygen atoms in total. The SMILES string of the molecule is O=C(N/N=C1/CCOc2ccccc21)[C@@H]1COc2ccccc2O1. The number of rotatable bonds is 2. The molecule has 0 aliphatic carbocycles. The first-order chi connectivity index (χ1) is 11.8. The van der Waals surface area contributed by atoms with Crippen LogP contribution in [0, 0.1) is 0 Å². The van der Waals surface area contributed by atoms with E-state index in [0.29, 0.717) is 24.5 Å². The second-order valence-corrected chi connectivity index (χ2v) is 5.49. The van der Waals surface area contributed by atoms with Crippen LogP contribution in [0.15, 0.2) is 53.6 Å². The van der Waals surface area contributed by atoms with Gasteiger partial charge in [0, 0.05) is 12.0 Å². The van der Waals surface area contributed by atoms with Gasteiger partial charge < -0.3 is 14.2 Å². The minimum atomic E-state index is -0.723. The summed E-state index contributed by atoms with van der Waals surface area (Å²) in [5.74, 6) is 1.66. The van der Waals surface area contributed by atoms with Crippen molar-refractivity contribution in [2.45, 2.75) is 12.5 Å². The second kappa shape index (κ2) is 6.23. The lowest BCUT2D eigenvalue weighted by Crippen LogP contribution is -2.42. The predicted octanol–water partition coefficient (Wildman–Crippen LogP) is 2.13. The van der Waals surface area contributed by atoms with Gasteiger partial charge in [0.2, 0.25) is 6.10 Å². The molecular weight excluding hydrogens is 308 g/mol. The highest BCUT2D eigenvalue weighted by Crippen LogP contribution is 2.31. The highest BCUT2D eigenvalue weighted by atomic mass is 16.6. The quantitative estimate of drug-likeness (QED) is 0.859. The van der Waals surface area contributed by atoms with Crippen LogP contribution in [0.1, 0.15) is 12.0 Å². The van der Waals surface area contributed by atoms with Crippen LogP contribution in [0.2, 0.25) is 0 Å². The number of carbonyl (C=O) groups is 1. The Hall–Kier alpha value is -3.02. The lowest BCUT2D eigenvalue weighted by atomic mass is 10.0. The summed E-state index contributed by atoms with van der Waals surface area (Å²) >= 11 is 0. The molecular formula is C18H16N2O4. The monoisotopic (exact) mass is 324 g/mol. The van der Waals surface area contributed by atoms with Crippen molar-refractivity contribution in [3.05, 3.63) is 54.1 Å². The van der Waals surface area contributed by atoms with Crippen LogP contribution in [0.3, 0.4) is 0 Å². The van der Waals surface area contributed by atoms with Crippen molar-refractivity contribution in [3.8, 4) is 17.2 Å². The van der Waals surface area contributed by atoms with Crippen molar-refractivity contribution in [2.75, 3.05) is 13.2 Å². The summed E-state index contributed by atoms with van der Waals surface area (Å²) < 4.78 is 16.8. The number of amides is 1. The van der Waals surface area contributed by atoms with E-state index in [0.717, 1.165) is 17.0 Å². The van der Waals surface area contributed by atoms with E-state index in [1.807, 2.05) is 42.5 Å². The van der Waals surface area contributed by atoms with Gasteiger partial charge in [-0.25, -0.2) is 5.43 Å². The van der Waals surface area contributed by atoms with Crippen LogP contribution in [0.5, 0.6) is 17.2 Å². The molecule has 2 aromatic carbocycles. The maximum Gasteiger partial charge on any atom is 0.284 e. The zero-order valence-corrected chi connectivity index (χ0v) is 12.9. The second-order valence-electron chi connectivity index (χ2n) is 5.49. The summed E-state index contributed by atoms with van der Waals surface area (Å²) in [5.41, 5.74) is 4.27. The third-order valence-corrected chi connectivity index (χ3v) is 3.90. The van der Waals surface area contributed by atoms with E-state index >= 15 is 0 Å². The molecule has 1 atom stereocenters. The fourth-order valence-electron chi connectivity index (χ4n) is 2.68. The molecule has 6 heteroatoms. The molecule has 0 fully saturated rings. The zero-order valence-electron chi connectivity index (χ0n) is 12.9. The molecule has 4 rings (SSSR count). The first kappa shape index (κ1) is 14.6. The molecule has 1 amide bonds. The fourth-order valence-corrected chi connectivity index (χ4v) is 2.68. The normalized spacial score (nSPS) is 20.0. The van der Waals surface area contributed by atoms with Gasteiger partial charge in [-0.1, -0.05) is 24.3 Å². The van der Waals surface area contributed by atoms with E-state index in [9.17, 15) is 4.79 Å². The smallest absolute Gasteiger partial charge is 0.284 e. The molecule has 24 heavy (non-hydrogen) atoms. The molecule has 2 heterocycles. The summed E-state index contributed by atoms with van der Waals surface area (Å²) in [5, 5.41) is 4.26. The Labute approximate surface area is 139 Å². The molecule has 0 bridgehead atoms. The summed E-state index contributed by atoms with van der Waals surface area (Å²) in [6, 6.07) is 14.9. The molecule has 0 aromatic heterocycles. The van der Waals surface area contributed by atoms with Gasteiger partial charge in [-0.05, 0) is 24.3 Å². The zero-order chi connectivity index (χ0) is 16.4. The van der Waals surface area contributed by atoms with Crippen LogP contribution < -0.4 is 19.6 Å². The van der Waals surface area contributed by atoms with Gasteiger partial charge in [-0.2, -0.15) is 5.10 Å². The molecule has 0 radical (unpaired) electrons. The maximum atomic E-state index is 12.3. The van der Waals surface area contributed by atoms with Crippen molar-refractivity contribution >= 4 is 11.6 Å². The largest absolute Gasteiger partial charge is 0.492 e. The summed E-state index contributed by atoms with van der Waals surface area (Å²) in [4.78, 5) is 12.3. The van der Waals surface area contributed by atoms with Gasteiger partial charge in [0.05, 0.1) is 12.3 Å². The van der Waals surface area contributed by atoms with Gasteiger partial charge in [0.15, 0.2) is 11.5 Å². The Morgan fingerprint density at radius 2 is 1.75 bits per heavy atom. The first-order valence-electron chi connectivity index (χ1n) is 7.78. The van der Waals surface area contributed by atoms with Gasteiger partial charge in [0.25, 0.3) is 5.91 Å². The number of ether oxygens (including phenoxy) is 3. The molecule has 2 aliphatic rings. The number of hydrogen-bond donors (Lipinski definition) is 1. The molecule has 0 saturated heterocycles. The fraction of sp³-hybridized carbons (Fsp3) is 0.222. The summed E-state index contributed by atoms with van der Waals surface area (Å²) in [6.07, 6.45) is -0.0818. The average Bonchev–Trinajstić information content (AvgIpc) is 2.65. The molecule has 1 N–H and O–H groups in total. The van der Waals surface area contributed by atoms with Crippen LogP contribution in [-0.4, -0.2) is 30.9 Å². The van der Waals surface area contributed by atoms with Crippen molar-refractivity contribution in [3.63, 3.8) is 0 Å². The number of hydrogen-bond acceptors (Lipinski definition) is 5. The highest BCUT2D eigenvalue weighted by Gasteiger charge is 2.27. The Morgan fingerprint density at radius 3 is 2.62 bits per heavy atom. The number of nitrogens with zero attached hydrogens (tertiary/aromatic N) is 1. The number of para-hydroxylation sites is 3. The van der Waals surface area contributed by atoms with Crippen LogP contribution in [0.25, 0.3) is 0 Å². The highest BCUT2D eigenvalue weighted by molar-refractivity contribution is 6.04. The van der Waals surface area contributed by atoms with E-state index < -0.39 is 6.10 Å². The van der Waals surface area contributed by atoms with Crippen LogP contribution in [-0.2, 0) is 4.79 Å². The number of benzene rings is 2. The Balaban J connectivity index is 1.46. The van der Waals surface area contributed by atoms with E-state index in [-0.39, 0.29) is 12.5 Å². The molecule has 0 spiro atoms. The van der Waals surface area contributed by atoms with Crippen molar-refractivity contribution in [2.24, 2.45) is 5.10 Å². The molecule has 0 saturated carbocycles. The minimum Gasteiger partial charge on any atom is -0.492 e. The molecule has 2 aromatic rings. The third kappa shape index (κ3) is 2.78. The Morgan fingerprint density at radius 1 is 1.00 bits per heavy atom. The Bertz CT molecular complexity index is 803. The topological polar surface area (TPSA) is 69.2 Å². The van der Waals surface area contributed by atoms with Gasteiger partial charge in [0.1, 0.15) is 12.4 Å². The average molecular weight is 324 g/mol. The number of nitrogens with one attached hydrogen (secondary N) is 1. The van der Waals surface area contributed by atoms with Crippen LogP contribution in [0.4, 0.5) is 0 Å². The van der Waals surface area contributed by atoms with E-state index in [4.69, 9.17) is 14.2 Å². The molecule has 0 unspecified atom stereocenters. The predicted molar refractivity (Wildman–Crippen MR) is 87.6 cm³/mol. The van der Waals surface area contributed by atoms with Gasteiger partial charge in [-0.15, -0.1) is 0 Å². The summed E-state index contributed by atoms with van der Waals surface area (Å²) in [7, 11) is 0. The first-order valence-corrected chi connectivity index (χ1v) is 7.78. The number of hydrazone groups is 1. The van der Waals surface area contributed by atoms with Crippen molar-refractivity contribution < 1.29 is 19.0 Å². The van der Waals surface area contributed by atoms with E-state index in [2.05, 4.69) is 10.5 Å². The molecule has 122 valence electrons. The van der Waals surface area contributed by atoms with E-state index in [1.165, 1.54) is 0 Å².